The molecular formula is C20H21F2N5O2. The third kappa shape index (κ3) is 3.89. The lowest BCUT2D eigenvalue weighted by Crippen LogP contribution is -2.42. The van der Waals surface area contributed by atoms with Crippen LogP contribution in [-0.2, 0) is 4.74 Å². The van der Waals surface area contributed by atoms with Gasteiger partial charge in [0.2, 0.25) is 5.95 Å². The largest absolute Gasteiger partial charge is 0.389 e. The molecule has 0 radical (unpaired) electrons. The van der Waals surface area contributed by atoms with Crippen molar-refractivity contribution in [1.29, 1.82) is 0 Å². The highest BCUT2D eigenvalue weighted by Crippen LogP contribution is 2.30. The molecule has 29 heavy (non-hydrogen) atoms. The van der Waals surface area contributed by atoms with E-state index in [1.807, 2.05) is 0 Å². The van der Waals surface area contributed by atoms with E-state index >= 15 is 0 Å². The lowest BCUT2D eigenvalue weighted by Gasteiger charge is -2.28. The average Bonchev–Trinajstić information content (AvgIpc) is 2.70. The van der Waals surface area contributed by atoms with Gasteiger partial charge in [0.15, 0.2) is 5.82 Å². The van der Waals surface area contributed by atoms with Gasteiger partial charge in [-0.25, -0.2) is 18.7 Å². The summed E-state index contributed by atoms with van der Waals surface area (Å²) in [5.41, 5.74) is 7.07. The van der Waals surface area contributed by atoms with Gasteiger partial charge < -0.3 is 20.9 Å². The molecule has 0 bridgehead atoms. The molecule has 9 heteroatoms. The molecule has 0 amide bonds. The van der Waals surface area contributed by atoms with Crippen molar-refractivity contribution in [3.63, 3.8) is 0 Å². The fraction of sp³-hybridized carbons (Fsp3) is 0.350. The Kier molecular flexibility index (Phi) is 5.35. The second-order valence-corrected chi connectivity index (χ2v) is 7.12. The van der Waals surface area contributed by atoms with Crippen LogP contribution < -0.4 is 11.1 Å². The van der Waals surface area contributed by atoms with Crippen LogP contribution in [0.5, 0.6) is 0 Å². The number of aliphatic hydroxyl groups excluding tert-OH is 1. The number of ether oxygens (including phenoxy) is 1. The first kappa shape index (κ1) is 19.6. The molecule has 4 N–H and O–H groups in total. The van der Waals surface area contributed by atoms with Crippen LogP contribution >= 0.6 is 0 Å². The number of aromatic nitrogens is 3. The van der Waals surface area contributed by atoms with Gasteiger partial charge in [-0.3, -0.25) is 4.98 Å². The number of anilines is 1. The molecule has 1 fully saturated rings. The van der Waals surface area contributed by atoms with Gasteiger partial charge in [-0.1, -0.05) is 0 Å². The van der Waals surface area contributed by atoms with Crippen molar-refractivity contribution in [3.05, 3.63) is 47.8 Å². The number of nitrogens with zero attached hydrogens (tertiary/aromatic N) is 3. The zero-order valence-electron chi connectivity index (χ0n) is 15.8. The first-order valence-corrected chi connectivity index (χ1v) is 9.33. The second-order valence-electron chi connectivity index (χ2n) is 7.12. The van der Waals surface area contributed by atoms with Crippen LogP contribution in [0.25, 0.3) is 22.2 Å². The molecule has 3 aromatic rings. The van der Waals surface area contributed by atoms with E-state index in [1.165, 1.54) is 12.3 Å². The summed E-state index contributed by atoms with van der Waals surface area (Å²) < 4.78 is 34.4. The van der Waals surface area contributed by atoms with Crippen molar-refractivity contribution < 1.29 is 18.6 Å². The molecule has 0 saturated carbocycles. The van der Waals surface area contributed by atoms with Crippen molar-refractivity contribution >= 4 is 16.9 Å². The summed E-state index contributed by atoms with van der Waals surface area (Å²) in [5.74, 6) is -1.13. The highest BCUT2D eigenvalue weighted by molar-refractivity contribution is 5.87. The van der Waals surface area contributed by atoms with Crippen LogP contribution in [0.2, 0.25) is 0 Å². The molecule has 1 saturated heterocycles. The number of pyridine rings is 1. The summed E-state index contributed by atoms with van der Waals surface area (Å²) in [6.45, 7) is 2.48. The Morgan fingerprint density at radius 2 is 2.10 bits per heavy atom. The maximum absolute atomic E-state index is 14.7. The molecule has 1 aliphatic rings. The highest BCUT2D eigenvalue weighted by atomic mass is 19.1. The van der Waals surface area contributed by atoms with Gasteiger partial charge in [0.1, 0.15) is 17.0 Å². The number of benzene rings is 1. The standard InChI is InChI=1S/C20H21F2N5O2/c1-10(23)12-2-4-24-19-13(12)6-11(7-14(19)21)18-15(22)8-25-20(27-18)26-16-3-5-29-9-17(16)28/h2,4,6-8,10,16-17,28H,3,5,9,23H2,1H3,(H,25,26,27)/t10-,16-,17-/m1/s1. The number of rotatable bonds is 4. The predicted octanol–water partition coefficient (Wildman–Crippen LogP) is 2.55. The number of halogens is 2. The molecule has 7 nitrogen and oxygen atoms in total. The molecular weight excluding hydrogens is 380 g/mol. The summed E-state index contributed by atoms with van der Waals surface area (Å²) in [7, 11) is 0. The Morgan fingerprint density at radius 1 is 1.28 bits per heavy atom. The topological polar surface area (TPSA) is 106 Å². The lowest BCUT2D eigenvalue weighted by atomic mass is 10.00. The minimum Gasteiger partial charge on any atom is -0.389 e. The van der Waals surface area contributed by atoms with Crippen LogP contribution in [0.1, 0.15) is 24.9 Å². The summed E-state index contributed by atoms with van der Waals surface area (Å²) in [4.78, 5) is 12.2. The van der Waals surface area contributed by atoms with E-state index in [0.717, 1.165) is 6.20 Å². The molecule has 0 unspecified atom stereocenters. The summed E-state index contributed by atoms with van der Waals surface area (Å²) in [6, 6.07) is 3.87. The Labute approximate surface area is 166 Å². The molecule has 0 aliphatic carbocycles. The normalized spacial score (nSPS) is 20.6. The number of aliphatic hydroxyl groups is 1. The quantitative estimate of drug-likeness (QED) is 0.617. The van der Waals surface area contributed by atoms with Crippen molar-refractivity contribution in [2.24, 2.45) is 5.73 Å². The second kappa shape index (κ2) is 7.94. The Hall–Kier alpha value is -2.75. The number of hydrogen-bond acceptors (Lipinski definition) is 7. The maximum atomic E-state index is 14.7. The van der Waals surface area contributed by atoms with Crippen LogP contribution in [-0.4, -0.2) is 45.4 Å². The average molecular weight is 401 g/mol. The Balaban J connectivity index is 1.76. The third-order valence-electron chi connectivity index (χ3n) is 4.98. The van der Waals surface area contributed by atoms with Crippen LogP contribution in [0, 0.1) is 11.6 Å². The minimum atomic E-state index is -0.723. The summed E-state index contributed by atoms with van der Waals surface area (Å²) in [5, 5.41) is 13.5. The smallest absolute Gasteiger partial charge is 0.223 e. The number of nitrogens with one attached hydrogen (secondary N) is 1. The lowest BCUT2D eigenvalue weighted by molar-refractivity contribution is -0.0136. The molecule has 0 spiro atoms. The van der Waals surface area contributed by atoms with Crippen LogP contribution in [0.4, 0.5) is 14.7 Å². The van der Waals surface area contributed by atoms with E-state index in [4.69, 9.17) is 10.5 Å². The third-order valence-corrected chi connectivity index (χ3v) is 4.98. The fourth-order valence-corrected chi connectivity index (χ4v) is 3.46. The molecule has 4 rings (SSSR count). The van der Waals surface area contributed by atoms with E-state index in [-0.39, 0.29) is 41.4 Å². The van der Waals surface area contributed by atoms with Gasteiger partial charge in [0.25, 0.3) is 0 Å². The van der Waals surface area contributed by atoms with Gasteiger partial charge >= 0.3 is 0 Å². The summed E-state index contributed by atoms with van der Waals surface area (Å²) >= 11 is 0. The van der Waals surface area contributed by atoms with Gasteiger partial charge in [0.05, 0.1) is 24.9 Å². The van der Waals surface area contributed by atoms with E-state index in [0.29, 0.717) is 24.0 Å². The van der Waals surface area contributed by atoms with E-state index in [9.17, 15) is 13.9 Å². The van der Waals surface area contributed by atoms with E-state index < -0.39 is 17.7 Å². The number of fused-ring (bicyclic) bond motifs is 1. The van der Waals surface area contributed by atoms with Crippen molar-refractivity contribution in [2.45, 2.75) is 31.5 Å². The zero-order valence-corrected chi connectivity index (χ0v) is 15.8. The molecule has 3 atom stereocenters. The van der Waals surface area contributed by atoms with Crippen molar-refractivity contribution in [1.82, 2.24) is 15.0 Å². The fourth-order valence-electron chi connectivity index (χ4n) is 3.46. The van der Waals surface area contributed by atoms with Gasteiger partial charge in [0, 0.05) is 29.8 Å². The van der Waals surface area contributed by atoms with E-state index in [1.54, 1.807) is 19.1 Å². The molecule has 152 valence electrons. The predicted molar refractivity (Wildman–Crippen MR) is 104 cm³/mol. The van der Waals surface area contributed by atoms with Gasteiger partial charge in [-0.2, -0.15) is 0 Å². The minimum absolute atomic E-state index is 0.0515. The first-order valence-electron chi connectivity index (χ1n) is 9.33. The molecule has 3 heterocycles. The number of nitrogens with two attached hydrogens (primary N) is 1. The molecule has 1 aromatic carbocycles. The first-order chi connectivity index (χ1) is 13.9. The van der Waals surface area contributed by atoms with Crippen LogP contribution in [0.15, 0.2) is 30.6 Å². The Bertz CT molecular complexity index is 1050. The van der Waals surface area contributed by atoms with Gasteiger partial charge in [-0.05, 0) is 37.1 Å². The zero-order chi connectivity index (χ0) is 20.5. The Morgan fingerprint density at radius 3 is 2.86 bits per heavy atom. The van der Waals surface area contributed by atoms with E-state index in [2.05, 4.69) is 20.3 Å². The number of hydrogen-bond donors (Lipinski definition) is 3. The molecule has 1 aliphatic heterocycles. The molecule has 2 aromatic heterocycles. The van der Waals surface area contributed by atoms with Crippen molar-refractivity contribution in [3.8, 4) is 11.3 Å². The van der Waals surface area contributed by atoms with Crippen LogP contribution in [0.3, 0.4) is 0 Å². The summed E-state index contributed by atoms with van der Waals surface area (Å²) in [6.07, 6.45) is 2.36. The maximum Gasteiger partial charge on any atom is 0.223 e. The monoisotopic (exact) mass is 401 g/mol. The SMILES string of the molecule is C[C@@H](N)c1ccnc2c(F)cc(-c3nc(N[C@@H]4CCOC[C@H]4O)ncc3F)cc12. The van der Waals surface area contributed by atoms with Gasteiger partial charge in [-0.15, -0.1) is 0 Å². The van der Waals surface area contributed by atoms with Crippen molar-refractivity contribution in [2.75, 3.05) is 18.5 Å². The highest BCUT2D eigenvalue weighted by Gasteiger charge is 2.25.